The van der Waals surface area contributed by atoms with E-state index >= 15 is 0 Å². The number of amides is 1. The topological polar surface area (TPSA) is 59.1 Å². The van der Waals surface area contributed by atoms with Crippen LogP contribution in [0.5, 0.6) is 0 Å². The maximum atomic E-state index is 12.5. The standard InChI is InChI=1S/C14H24N2O4/c1-13(2,3)20-12(18)16-10-6-7-14(16,11(17)19-5)9-15(4)8-10/h10H,6-9H2,1-5H3. The Labute approximate surface area is 120 Å². The fourth-order valence-corrected chi connectivity index (χ4v) is 3.29. The molecule has 2 fully saturated rings. The summed E-state index contributed by atoms with van der Waals surface area (Å²) in [5.74, 6) is -0.350. The first-order valence-corrected chi connectivity index (χ1v) is 6.99. The fourth-order valence-electron chi connectivity index (χ4n) is 3.29. The zero-order valence-electron chi connectivity index (χ0n) is 12.9. The quantitative estimate of drug-likeness (QED) is 0.678. The van der Waals surface area contributed by atoms with Gasteiger partial charge in [-0.05, 0) is 40.7 Å². The third-order valence-corrected chi connectivity index (χ3v) is 3.93. The molecule has 1 amide bonds. The lowest BCUT2D eigenvalue weighted by molar-refractivity contribution is -0.157. The van der Waals surface area contributed by atoms with Crippen molar-refractivity contribution < 1.29 is 19.1 Å². The number of carbonyl (C=O) groups excluding carboxylic acids is 2. The Balaban J connectivity index is 2.30. The van der Waals surface area contributed by atoms with Crippen LogP contribution < -0.4 is 0 Å². The fraction of sp³-hybridized carbons (Fsp3) is 0.857. The summed E-state index contributed by atoms with van der Waals surface area (Å²) in [7, 11) is 3.33. The van der Waals surface area contributed by atoms with Crippen molar-refractivity contribution in [2.24, 2.45) is 0 Å². The summed E-state index contributed by atoms with van der Waals surface area (Å²) in [6.45, 7) is 6.74. The minimum Gasteiger partial charge on any atom is -0.467 e. The van der Waals surface area contributed by atoms with Gasteiger partial charge < -0.3 is 14.4 Å². The van der Waals surface area contributed by atoms with Crippen LogP contribution in [0.2, 0.25) is 0 Å². The molecule has 0 aromatic rings. The van der Waals surface area contributed by atoms with E-state index in [-0.39, 0.29) is 12.0 Å². The summed E-state index contributed by atoms with van der Waals surface area (Å²) < 4.78 is 10.4. The van der Waals surface area contributed by atoms with Crippen LogP contribution in [0.1, 0.15) is 33.6 Å². The van der Waals surface area contributed by atoms with Crippen LogP contribution in [0.4, 0.5) is 4.79 Å². The molecule has 2 bridgehead atoms. The monoisotopic (exact) mass is 284 g/mol. The van der Waals surface area contributed by atoms with Crippen LogP contribution in [0.25, 0.3) is 0 Å². The Morgan fingerprint density at radius 1 is 1.30 bits per heavy atom. The maximum absolute atomic E-state index is 12.5. The van der Waals surface area contributed by atoms with Gasteiger partial charge in [-0.1, -0.05) is 0 Å². The van der Waals surface area contributed by atoms with E-state index in [2.05, 4.69) is 4.90 Å². The first-order valence-electron chi connectivity index (χ1n) is 6.99. The predicted molar refractivity (Wildman–Crippen MR) is 73.3 cm³/mol. The smallest absolute Gasteiger partial charge is 0.411 e. The molecule has 2 aliphatic rings. The van der Waals surface area contributed by atoms with Crippen molar-refractivity contribution in [3.8, 4) is 0 Å². The highest BCUT2D eigenvalue weighted by Crippen LogP contribution is 2.40. The lowest BCUT2D eigenvalue weighted by Gasteiger charge is -2.45. The van der Waals surface area contributed by atoms with Crippen molar-refractivity contribution in [3.63, 3.8) is 0 Å². The summed E-state index contributed by atoms with van der Waals surface area (Å²) in [5.41, 5.74) is -1.47. The molecular weight excluding hydrogens is 260 g/mol. The number of rotatable bonds is 1. The number of methoxy groups -OCH3 is 1. The van der Waals surface area contributed by atoms with E-state index in [9.17, 15) is 9.59 Å². The molecule has 0 aromatic carbocycles. The molecule has 2 unspecified atom stereocenters. The molecular formula is C14H24N2O4. The lowest BCUT2D eigenvalue weighted by atomic mass is 9.95. The Morgan fingerprint density at radius 3 is 2.50 bits per heavy atom. The van der Waals surface area contributed by atoms with Gasteiger partial charge in [-0.25, -0.2) is 9.59 Å². The van der Waals surface area contributed by atoms with Gasteiger partial charge in [-0.3, -0.25) is 4.90 Å². The van der Waals surface area contributed by atoms with Crippen molar-refractivity contribution in [1.82, 2.24) is 9.80 Å². The minimum absolute atomic E-state index is 0.0164. The maximum Gasteiger partial charge on any atom is 0.411 e. The summed E-state index contributed by atoms with van der Waals surface area (Å²) in [5, 5.41) is 0. The zero-order chi connectivity index (χ0) is 15.1. The molecule has 2 atom stereocenters. The molecule has 0 saturated carbocycles. The normalized spacial score (nSPS) is 30.2. The average Bonchev–Trinajstić information content (AvgIpc) is 2.56. The van der Waals surface area contributed by atoms with Gasteiger partial charge in [0, 0.05) is 19.1 Å². The van der Waals surface area contributed by atoms with E-state index in [1.807, 2.05) is 27.8 Å². The molecule has 0 N–H and O–H groups in total. The van der Waals surface area contributed by atoms with Gasteiger partial charge in [-0.2, -0.15) is 0 Å². The van der Waals surface area contributed by atoms with Gasteiger partial charge in [0.1, 0.15) is 5.60 Å². The zero-order valence-corrected chi connectivity index (χ0v) is 12.9. The van der Waals surface area contributed by atoms with Crippen LogP contribution in [-0.4, -0.2) is 66.3 Å². The first-order chi connectivity index (χ1) is 9.19. The van der Waals surface area contributed by atoms with Gasteiger partial charge in [0.2, 0.25) is 0 Å². The molecule has 2 rings (SSSR count). The van der Waals surface area contributed by atoms with Crippen LogP contribution in [0.3, 0.4) is 0 Å². The Kier molecular flexibility index (Phi) is 3.71. The highest BCUT2D eigenvalue weighted by Gasteiger charge is 2.59. The number of fused-ring (bicyclic) bond motifs is 2. The molecule has 0 spiro atoms. The van der Waals surface area contributed by atoms with Gasteiger partial charge in [0.15, 0.2) is 5.54 Å². The largest absolute Gasteiger partial charge is 0.467 e. The number of piperazine rings is 1. The average molecular weight is 284 g/mol. The van der Waals surface area contributed by atoms with Crippen LogP contribution in [0, 0.1) is 0 Å². The van der Waals surface area contributed by atoms with E-state index in [1.54, 1.807) is 4.90 Å². The molecule has 2 heterocycles. The van der Waals surface area contributed by atoms with Gasteiger partial charge >= 0.3 is 12.1 Å². The molecule has 20 heavy (non-hydrogen) atoms. The van der Waals surface area contributed by atoms with E-state index in [1.165, 1.54) is 7.11 Å². The predicted octanol–water partition coefficient (Wildman–Crippen LogP) is 1.24. The number of nitrogens with zero attached hydrogens (tertiary/aromatic N) is 2. The highest BCUT2D eigenvalue weighted by atomic mass is 16.6. The number of likely N-dealkylation sites (tertiary alicyclic amines) is 1. The second-order valence-corrected chi connectivity index (χ2v) is 6.76. The molecule has 2 aliphatic heterocycles. The molecule has 6 nitrogen and oxygen atoms in total. The molecule has 0 radical (unpaired) electrons. The molecule has 114 valence electrons. The second kappa shape index (κ2) is 4.91. The highest BCUT2D eigenvalue weighted by molar-refractivity contribution is 5.87. The van der Waals surface area contributed by atoms with E-state index in [0.29, 0.717) is 13.0 Å². The minimum atomic E-state index is -0.894. The van der Waals surface area contributed by atoms with Crippen molar-refractivity contribution in [3.05, 3.63) is 0 Å². The first kappa shape index (κ1) is 15.1. The molecule has 6 heteroatoms. The number of hydrogen-bond donors (Lipinski definition) is 0. The van der Waals surface area contributed by atoms with Crippen LogP contribution >= 0.6 is 0 Å². The number of carbonyl (C=O) groups is 2. The van der Waals surface area contributed by atoms with Crippen molar-refractivity contribution in [2.45, 2.75) is 50.8 Å². The summed E-state index contributed by atoms with van der Waals surface area (Å²) in [6.07, 6.45) is 1.02. The number of esters is 1. The summed E-state index contributed by atoms with van der Waals surface area (Å²) in [4.78, 5) is 28.5. The SMILES string of the molecule is COC(=O)C12CCC(CN(C)C1)N2C(=O)OC(C)(C)C. The third kappa shape index (κ3) is 2.49. The van der Waals surface area contributed by atoms with E-state index < -0.39 is 17.2 Å². The third-order valence-electron chi connectivity index (χ3n) is 3.93. The van der Waals surface area contributed by atoms with Crippen molar-refractivity contribution >= 4 is 12.1 Å². The van der Waals surface area contributed by atoms with Crippen LogP contribution in [-0.2, 0) is 14.3 Å². The van der Waals surface area contributed by atoms with Crippen molar-refractivity contribution in [2.75, 3.05) is 27.2 Å². The lowest BCUT2D eigenvalue weighted by Crippen LogP contribution is -2.66. The molecule has 0 aromatic heterocycles. The molecule has 2 saturated heterocycles. The number of likely N-dealkylation sites (N-methyl/N-ethyl adjacent to an activating group) is 1. The van der Waals surface area contributed by atoms with Crippen molar-refractivity contribution in [1.29, 1.82) is 0 Å². The Morgan fingerprint density at radius 2 is 1.95 bits per heavy atom. The van der Waals surface area contributed by atoms with E-state index in [4.69, 9.17) is 9.47 Å². The summed E-state index contributed by atoms with van der Waals surface area (Å²) in [6, 6.07) is 0.0164. The van der Waals surface area contributed by atoms with Gasteiger partial charge in [-0.15, -0.1) is 0 Å². The van der Waals surface area contributed by atoms with E-state index in [0.717, 1.165) is 13.0 Å². The Bertz CT molecular complexity index is 418. The van der Waals surface area contributed by atoms with Crippen LogP contribution in [0.15, 0.2) is 0 Å². The van der Waals surface area contributed by atoms with Gasteiger partial charge in [0.05, 0.1) is 7.11 Å². The number of ether oxygens (including phenoxy) is 2. The second-order valence-electron chi connectivity index (χ2n) is 6.76. The summed E-state index contributed by atoms with van der Waals surface area (Å²) >= 11 is 0. The Hall–Kier alpha value is -1.30. The number of hydrogen-bond acceptors (Lipinski definition) is 5. The van der Waals surface area contributed by atoms with Gasteiger partial charge in [0.25, 0.3) is 0 Å². The molecule has 0 aliphatic carbocycles.